The molecule has 3 rings (SSSR count). The highest BCUT2D eigenvalue weighted by molar-refractivity contribution is 6.12. The molecule has 2 aromatic heterocycles. The average molecular weight is 571 g/mol. The molecule has 0 atom stereocenters. The second-order valence-electron chi connectivity index (χ2n) is 11.6. The summed E-state index contributed by atoms with van der Waals surface area (Å²) in [4.78, 5) is 63.3. The fraction of sp³-hybridized carbons (Fsp3) is 0.500. The number of aromatic carboxylic acids is 1. The number of rotatable bonds is 6. The van der Waals surface area contributed by atoms with Crippen molar-refractivity contribution in [3.8, 4) is 0 Å². The van der Waals surface area contributed by atoms with E-state index >= 15 is 0 Å². The van der Waals surface area contributed by atoms with Gasteiger partial charge in [0.15, 0.2) is 5.69 Å². The van der Waals surface area contributed by atoms with Gasteiger partial charge in [-0.2, -0.15) is 4.90 Å². The van der Waals surface area contributed by atoms with Crippen molar-refractivity contribution in [3.05, 3.63) is 47.5 Å². The lowest BCUT2D eigenvalue weighted by Gasteiger charge is -2.36. The number of amides is 3. The monoisotopic (exact) mass is 570 g/mol. The van der Waals surface area contributed by atoms with E-state index in [2.05, 4.69) is 25.1 Å². The number of carbonyl (C=O) groups excluding carboxylic acids is 3. The number of nitrogens with one attached hydrogen (secondary N) is 1. The zero-order valence-corrected chi connectivity index (χ0v) is 24.6. The van der Waals surface area contributed by atoms with Crippen molar-refractivity contribution in [1.82, 2.24) is 20.2 Å². The fourth-order valence-corrected chi connectivity index (χ4v) is 4.06. The largest absolute Gasteiger partial charge is 0.476 e. The first-order valence-electron chi connectivity index (χ1n) is 13.2. The minimum absolute atomic E-state index is 0.237. The number of pyridine rings is 2. The van der Waals surface area contributed by atoms with Crippen LogP contribution >= 0.6 is 0 Å². The van der Waals surface area contributed by atoms with E-state index in [0.717, 1.165) is 5.69 Å². The molecule has 13 nitrogen and oxygen atoms in total. The molecule has 3 heterocycles. The Hall–Kier alpha value is -4.26. The second-order valence-corrected chi connectivity index (χ2v) is 11.6. The van der Waals surface area contributed by atoms with E-state index in [-0.39, 0.29) is 11.6 Å². The minimum Gasteiger partial charge on any atom is -0.476 e. The van der Waals surface area contributed by atoms with Crippen molar-refractivity contribution >= 4 is 35.4 Å². The van der Waals surface area contributed by atoms with Crippen molar-refractivity contribution in [2.45, 2.75) is 59.3 Å². The summed E-state index contributed by atoms with van der Waals surface area (Å²) in [5.41, 5.74) is -0.783. The van der Waals surface area contributed by atoms with Crippen molar-refractivity contribution in [3.63, 3.8) is 0 Å². The Labute approximate surface area is 239 Å². The molecule has 3 amide bonds. The van der Waals surface area contributed by atoms with Crippen LogP contribution < -0.4 is 15.1 Å². The van der Waals surface area contributed by atoms with E-state index in [1.807, 2.05) is 6.07 Å². The Kier molecular flexibility index (Phi) is 9.53. The van der Waals surface area contributed by atoms with Crippen LogP contribution in [0.25, 0.3) is 0 Å². The third-order valence-corrected chi connectivity index (χ3v) is 5.87. The zero-order chi connectivity index (χ0) is 30.5. The van der Waals surface area contributed by atoms with E-state index in [1.165, 1.54) is 12.3 Å². The number of carbonyl (C=O) groups is 4. The van der Waals surface area contributed by atoms with Crippen molar-refractivity contribution in [2.75, 3.05) is 43.0 Å². The number of nitrogens with zero attached hydrogens (tertiary/aromatic N) is 5. The van der Waals surface area contributed by atoms with Gasteiger partial charge in [0.2, 0.25) is 0 Å². The predicted octanol–water partition coefficient (Wildman–Crippen LogP) is 3.53. The van der Waals surface area contributed by atoms with Gasteiger partial charge >= 0.3 is 18.2 Å². The van der Waals surface area contributed by atoms with Gasteiger partial charge in [-0.25, -0.2) is 24.4 Å². The molecule has 0 saturated carbocycles. The molecule has 13 heteroatoms. The normalized spacial score (nSPS) is 14.3. The second kappa shape index (κ2) is 12.5. The van der Waals surface area contributed by atoms with Crippen LogP contribution in [0.5, 0.6) is 0 Å². The summed E-state index contributed by atoms with van der Waals surface area (Å²) in [6.45, 7) is 12.9. The summed E-state index contributed by atoms with van der Waals surface area (Å²) in [5.74, 6) is -1.66. The van der Waals surface area contributed by atoms with E-state index in [1.54, 1.807) is 60.9 Å². The number of anilines is 2. The van der Waals surface area contributed by atoms with Gasteiger partial charge in [0.1, 0.15) is 16.9 Å². The molecule has 1 saturated heterocycles. The number of hydrogen-bond donors (Lipinski definition) is 2. The van der Waals surface area contributed by atoms with Gasteiger partial charge in [-0.15, -0.1) is 0 Å². The third kappa shape index (κ3) is 8.61. The van der Waals surface area contributed by atoms with Crippen LogP contribution in [0.2, 0.25) is 0 Å². The molecule has 1 fully saturated rings. The molecule has 2 N–H and O–H groups in total. The van der Waals surface area contributed by atoms with Crippen LogP contribution in [0.4, 0.5) is 21.0 Å². The number of carboxylic acids is 1. The SMILES string of the molecule is CNC(=O)c1ccc(N2CCN(Cc3cnc(C(=O)O)c(N(C(=O)OC(C)(C)C)C(=O)OC(C)(C)C)c3)CC2)cn1. The maximum atomic E-state index is 13.1. The maximum absolute atomic E-state index is 13.1. The van der Waals surface area contributed by atoms with Gasteiger partial charge in [0, 0.05) is 46.0 Å². The predicted molar refractivity (Wildman–Crippen MR) is 151 cm³/mol. The molecule has 0 radical (unpaired) electrons. The number of piperazine rings is 1. The van der Waals surface area contributed by atoms with Crippen LogP contribution in [-0.4, -0.2) is 88.5 Å². The summed E-state index contributed by atoms with van der Waals surface area (Å²) in [7, 11) is 1.55. The van der Waals surface area contributed by atoms with E-state index in [4.69, 9.17) is 9.47 Å². The molecule has 222 valence electrons. The Morgan fingerprint density at radius 2 is 1.51 bits per heavy atom. The van der Waals surface area contributed by atoms with Crippen molar-refractivity contribution < 1.29 is 33.8 Å². The Bertz CT molecular complexity index is 1250. The number of ether oxygens (including phenoxy) is 2. The fourth-order valence-electron chi connectivity index (χ4n) is 4.06. The number of aromatic nitrogens is 2. The smallest absolute Gasteiger partial charge is 0.424 e. The lowest BCUT2D eigenvalue weighted by molar-refractivity contribution is 0.0430. The molecule has 41 heavy (non-hydrogen) atoms. The highest BCUT2D eigenvalue weighted by atomic mass is 16.6. The van der Waals surface area contributed by atoms with Gasteiger partial charge in [0.05, 0.1) is 17.6 Å². The lowest BCUT2D eigenvalue weighted by atomic mass is 10.1. The van der Waals surface area contributed by atoms with Gasteiger partial charge in [-0.1, -0.05) is 0 Å². The van der Waals surface area contributed by atoms with Crippen LogP contribution in [0, 0.1) is 0 Å². The quantitative estimate of drug-likeness (QED) is 0.524. The lowest BCUT2D eigenvalue weighted by Crippen LogP contribution is -2.46. The summed E-state index contributed by atoms with van der Waals surface area (Å²) < 4.78 is 10.8. The summed E-state index contributed by atoms with van der Waals surface area (Å²) in [6, 6.07) is 4.99. The van der Waals surface area contributed by atoms with Crippen LogP contribution in [-0.2, 0) is 16.0 Å². The first-order chi connectivity index (χ1) is 19.1. The Morgan fingerprint density at radius 3 is 1.98 bits per heavy atom. The van der Waals surface area contributed by atoms with Crippen LogP contribution in [0.1, 0.15) is 68.1 Å². The van der Waals surface area contributed by atoms with Gasteiger partial charge in [-0.05, 0) is 65.3 Å². The van der Waals surface area contributed by atoms with Crippen molar-refractivity contribution in [2.24, 2.45) is 0 Å². The highest BCUT2D eigenvalue weighted by Gasteiger charge is 2.36. The third-order valence-electron chi connectivity index (χ3n) is 5.87. The molecule has 0 bridgehead atoms. The van der Waals surface area contributed by atoms with Crippen molar-refractivity contribution in [1.29, 1.82) is 0 Å². The average Bonchev–Trinajstić information content (AvgIpc) is 2.87. The molecule has 0 spiro atoms. The standard InChI is InChI=1S/C28H38N6O7/c1-27(2,3)40-25(38)34(26(39)41-28(4,5)6)21-14-18(15-31-22(21)24(36)37)17-32-10-12-33(13-11-32)19-8-9-20(30-16-19)23(35)29-7/h8-9,14-16H,10-13,17H2,1-7H3,(H,29,35)(H,36,37). The first-order valence-corrected chi connectivity index (χ1v) is 13.2. The molecule has 0 aliphatic carbocycles. The number of imide groups is 1. The zero-order valence-electron chi connectivity index (χ0n) is 24.6. The summed E-state index contributed by atoms with van der Waals surface area (Å²) in [6.07, 6.45) is 0.947. The minimum atomic E-state index is -1.41. The van der Waals surface area contributed by atoms with E-state index < -0.39 is 35.1 Å². The molecule has 0 unspecified atom stereocenters. The summed E-state index contributed by atoms with van der Waals surface area (Å²) >= 11 is 0. The Balaban J connectivity index is 1.81. The van der Waals surface area contributed by atoms with Crippen LogP contribution in [0.15, 0.2) is 30.6 Å². The maximum Gasteiger partial charge on any atom is 0.424 e. The molecular weight excluding hydrogens is 532 g/mol. The molecular formula is C28H38N6O7. The molecule has 0 aromatic carbocycles. The summed E-state index contributed by atoms with van der Waals surface area (Å²) in [5, 5.41) is 12.4. The Morgan fingerprint density at radius 1 is 0.927 bits per heavy atom. The highest BCUT2D eigenvalue weighted by Crippen LogP contribution is 2.27. The van der Waals surface area contributed by atoms with Gasteiger partial charge in [-0.3, -0.25) is 9.69 Å². The topological polar surface area (TPSA) is 154 Å². The van der Waals surface area contributed by atoms with Gasteiger partial charge < -0.3 is 24.8 Å². The van der Waals surface area contributed by atoms with Crippen LogP contribution in [0.3, 0.4) is 0 Å². The first kappa shape index (κ1) is 31.3. The molecule has 1 aliphatic heterocycles. The number of carboxylic acid groups (broad SMARTS) is 1. The van der Waals surface area contributed by atoms with Gasteiger partial charge in [0.25, 0.3) is 5.91 Å². The molecule has 1 aliphatic rings. The number of hydrogen-bond acceptors (Lipinski definition) is 10. The van der Waals surface area contributed by atoms with E-state index in [0.29, 0.717) is 48.9 Å². The van der Waals surface area contributed by atoms with E-state index in [9.17, 15) is 24.3 Å². The molecule has 2 aromatic rings.